The summed E-state index contributed by atoms with van der Waals surface area (Å²) in [7, 11) is 0. The molecule has 6 heteroatoms. The lowest BCUT2D eigenvalue weighted by Gasteiger charge is -2.20. The monoisotopic (exact) mass is 338 g/mol. The fourth-order valence-corrected chi connectivity index (χ4v) is 2.30. The second-order valence-corrected chi connectivity index (χ2v) is 5.62. The molecule has 0 aliphatic rings. The van der Waals surface area contributed by atoms with Crippen molar-refractivity contribution in [3.05, 3.63) is 60.4 Å². The Balaban J connectivity index is 1.65. The van der Waals surface area contributed by atoms with Crippen LogP contribution in [0.2, 0.25) is 0 Å². The number of fused-ring (bicyclic) bond motifs is 1. The van der Waals surface area contributed by atoms with Crippen LogP contribution < -0.4 is 15.8 Å². The average Bonchev–Trinajstić information content (AvgIpc) is 2.65. The topological polar surface area (TPSA) is 82.3 Å². The molecular formula is C19H22N4O2. The molecule has 0 saturated carbocycles. The van der Waals surface area contributed by atoms with Crippen molar-refractivity contribution in [2.24, 2.45) is 0 Å². The molecular weight excluding hydrogens is 316 g/mol. The largest absolute Gasteiger partial charge is 0.451 e. The lowest BCUT2D eigenvalue weighted by atomic mass is 10.3. The van der Waals surface area contributed by atoms with E-state index in [1.165, 1.54) is 0 Å². The van der Waals surface area contributed by atoms with E-state index in [4.69, 9.17) is 15.2 Å². The molecule has 0 amide bonds. The maximum atomic E-state index is 5.84. The fraction of sp³-hybridized carbons (Fsp3) is 0.263. The predicted octanol–water partition coefficient (Wildman–Crippen LogP) is 3.09. The Morgan fingerprint density at radius 3 is 2.60 bits per heavy atom. The van der Waals surface area contributed by atoms with Gasteiger partial charge in [-0.15, -0.1) is 0 Å². The smallest absolute Gasteiger partial charge is 0.259 e. The highest BCUT2D eigenvalue weighted by Gasteiger charge is 2.11. The van der Waals surface area contributed by atoms with Crippen LogP contribution in [0.1, 0.15) is 19.0 Å². The number of hydrogen-bond acceptors (Lipinski definition) is 6. The first-order valence-electron chi connectivity index (χ1n) is 8.32. The molecule has 6 nitrogen and oxygen atoms in total. The van der Waals surface area contributed by atoms with Crippen molar-refractivity contribution in [3.8, 4) is 5.75 Å². The van der Waals surface area contributed by atoms with Crippen LogP contribution in [0, 0.1) is 0 Å². The highest BCUT2D eigenvalue weighted by Crippen LogP contribution is 2.15. The number of benzene rings is 2. The van der Waals surface area contributed by atoms with Gasteiger partial charge in [0.1, 0.15) is 5.75 Å². The van der Waals surface area contributed by atoms with Crippen molar-refractivity contribution < 1.29 is 9.47 Å². The summed E-state index contributed by atoms with van der Waals surface area (Å²) >= 11 is 0. The highest BCUT2D eigenvalue weighted by molar-refractivity contribution is 5.73. The Kier molecular flexibility index (Phi) is 5.77. The van der Waals surface area contributed by atoms with Gasteiger partial charge >= 0.3 is 0 Å². The molecule has 0 spiro atoms. The molecule has 0 saturated heterocycles. The molecule has 0 aliphatic carbocycles. The van der Waals surface area contributed by atoms with Crippen molar-refractivity contribution in [2.45, 2.75) is 26.3 Å². The Hall–Kier alpha value is -2.70. The summed E-state index contributed by atoms with van der Waals surface area (Å²) in [6, 6.07) is 15.0. The molecule has 3 N–H and O–H groups in total. The van der Waals surface area contributed by atoms with Gasteiger partial charge in [-0.25, -0.2) is 4.98 Å². The Bertz CT molecular complexity index is 808. The standard InChI is InChI=1S/C19H22N4O2/c1-2-11-24-19(25-16-9-7-14(20)8-10-16)22-13-15-12-21-17-5-3-4-6-18(17)23-15/h3-10,12,19,22H,2,11,13,20H2,1H3. The molecule has 3 rings (SSSR count). The first-order chi connectivity index (χ1) is 12.2. The number of anilines is 1. The number of aromatic nitrogens is 2. The first-order valence-corrected chi connectivity index (χ1v) is 8.32. The number of ether oxygens (including phenoxy) is 2. The number of para-hydroxylation sites is 2. The van der Waals surface area contributed by atoms with Gasteiger partial charge in [-0.05, 0) is 42.8 Å². The second-order valence-electron chi connectivity index (χ2n) is 5.62. The van der Waals surface area contributed by atoms with Crippen LogP contribution in [0.15, 0.2) is 54.7 Å². The van der Waals surface area contributed by atoms with E-state index in [2.05, 4.69) is 22.2 Å². The molecule has 1 heterocycles. The summed E-state index contributed by atoms with van der Waals surface area (Å²) in [4.78, 5) is 9.01. The number of hydrogen-bond donors (Lipinski definition) is 2. The van der Waals surface area contributed by atoms with Crippen molar-refractivity contribution >= 4 is 16.7 Å². The number of rotatable bonds is 8. The van der Waals surface area contributed by atoms with E-state index < -0.39 is 6.41 Å². The summed E-state index contributed by atoms with van der Waals surface area (Å²) < 4.78 is 11.6. The van der Waals surface area contributed by atoms with Crippen LogP contribution in [0.5, 0.6) is 5.75 Å². The van der Waals surface area contributed by atoms with Crippen molar-refractivity contribution in [1.82, 2.24) is 15.3 Å². The van der Waals surface area contributed by atoms with Gasteiger partial charge in [-0.3, -0.25) is 10.3 Å². The van der Waals surface area contributed by atoms with Gasteiger partial charge < -0.3 is 15.2 Å². The molecule has 1 unspecified atom stereocenters. The van der Waals surface area contributed by atoms with Gasteiger partial charge in [0.25, 0.3) is 6.41 Å². The summed E-state index contributed by atoms with van der Waals surface area (Å²) in [6.45, 7) is 3.13. The zero-order valence-corrected chi connectivity index (χ0v) is 14.2. The third-order valence-corrected chi connectivity index (χ3v) is 3.54. The fourth-order valence-electron chi connectivity index (χ4n) is 2.30. The first kappa shape index (κ1) is 17.1. The zero-order valence-electron chi connectivity index (χ0n) is 14.2. The van der Waals surface area contributed by atoms with E-state index in [1.54, 1.807) is 18.3 Å². The minimum atomic E-state index is -0.572. The summed E-state index contributed by atoms with van der Waals surface area (Å²) in [5, 5.41) is 3.22. The van der Waals surface area contributed by atoms with Gasteiger partial charge in [0, 0.05) is 12.2 Å². The lowest BCUT2D eigenvalue weighted by Crippen LogP contribution is -2.37. The molecule has 1 aromatic heterocycles. The van der Waals surface area contributed by atoms with Crippen molar-refractivity contribution in [2.75, 3.05) is 12.3 Å². The number of nitrogens with one attached hydrogen (secondary N) is 1. The Morgan fingerprint density at radius 1 is 1.08 bits per heavy atom. The highest BCUT2D eigenvalue weighted by atomic mass is 16.7. The normalized spacial score (nSPS) is 12.2. The van der Waals surface area contributed by atoms with Crippen LogP contribution in [-0.4, -0.2) is 23.0 Å². The molecule has 0 radical (unpaired) electrons. The molecule has 3 aromatic rings. The second kappa shape index (κ2) is 8.41. The summed E-state index contributed by atoms with van der Waals surface area (Å²) in [5.41, 5.74) is 8.96. The lowest BCUT2D eigenvalue weighted by molar-refractivity contribution is -0.103. The molecule has 2 aromatic carbocycles. The average molecular weight is 338 g/mol. The molecule has 25 heavy (non-hydrogen) atoms. The van der Waals surface area contributed by atoms with Gasteiger partial charge in [0.2, 0.25) is 0 Å². The predicted molar refractivity (Wildman–Crippen MR) is 97.9 cm³/mol. The number of nitrogens with two attached hydrogens (primary N) is 1. The minimum Gasteiger partial charge on any atom is -0.451 e. The third-order valence-electron chi connectivity index (χ3n) is 3.54. The van der Waals surface area contributed by atoms with Crippen LogP contribution in [0.25, 0.3) is 11.0 Å². The van der Waals surface area contributed by atoms with E-state index in [9.17, 15) is 0 Å². The van der Waals surface area contributed by atoms with Gasteiger partial charge in [-0.2, -0.15) is 0 Å². The number of nitrogens with zero attached hydrogens (tertiary/aromatic N) is 2. The van der Waals surface area contributed by atoms with Crippen molar-refractivity contribution in [3.63, 3.8) is 0 Å². The molecule has 1 atom stereocenters. The number of nitrogen functional groups attached to an aromatic ring is 1. The van der Waals surface area contributed by atoms with Crippen LogP contribution in [0.4, 0.5) is 5.69 Å². The van der Waals surface area contributed by atoms with E-state index in [0.29, 0.717) is 24.6 Å². The maximum absolute atomic E-state index is 5.84. The Morgan fingerprint density at radius 2 is 1.84 bits per heavy atom. The summed E-state index contributed by atoms with van der Waals surface area (Å²) in [6.07, 6.45) is 2.09. The summed E-state index contributed by atoms with van der Waals surface area (Å²) in [5.74, 6) is 0.687. The third kappa shape index (κ3) is 4.89. The zero-order chi connectivity index (χ0) is 17.5. The van der Waals surface area contributed by atoms with Crippen molar-refractivity contribution in [1.29, 1.82) is 0 Å². The molecule has 0 aliphatic heterocycles. The van der Waals surface area contributed by atoms with E-state index in [-0.39, 0.29) is 0 Å². The molecule has 0 bridgehead atoms. The van der Waals surface area contributed by atoms with Gasteiger partial charge in [0.15, 0.2) is 0 Å². The van der Waals surface area contributed by atoms with E-state index in [0.717, 1.165) is 23.1 Å². The van der Waals surface area contributed by atoms with Crippen LogP contribution in [0.3, 0.4) is 0 Å². The van der Waals surface area contributed by atoms with Gasteiger partial charge in [-0.1, -0.05) is 19.1 Å². The quantitative estimate of drug-likeness (QED) is 0.485. The maximum Gasteiger partial charge on any atom is 0.259 e. The van der Waals surface area contributed by atoms with E-state index >= 15 is 0 Å². The van der Waals surface area contributed by atoms with E-state index in [1.807, 2.05) is 36.4 Å². The molecule has 0 fully saturated rings. The SMILES string of the molecule is CCCOC(NCc1cnc2ccccc2n1)Oc1ccc(N)cc1. The molecule has 130 valence electrons. The minimum absolute atomic E-state index is 0.487. The van der Waals surface area contributed by atoms with Gasteiger partial charge in [0.05, 0.1) is 29.5 Å². The van der Waals surface area contributed by atoms with Crippen LogP contribution >= 0.6 is 0 Å². The van der Waals surface area contributed by atoms with Crippen LogP contribution in [-0.2, 0) is 11.3 Å². The Labute approximate surface area is 147 Å².